The number of methoxy groups -OCH3 is 1. The van der Waals surface area contributed by atoms with E-state index in [1.165, 1.54) is 0 Å². The zero-order chi connectivity index (χ0) is 20.2. The van der Waals surface area contributed by atoms with Crippen molar-refractivity contribution in [3.05, 3.63) is 29.3 Å². The molecular formula is C20H32N4O4. The predicted molar refractivity (Wildman–Crippen MR) is 109 cm³/mol. The van der Waals surface area contributed by atoms with Gasteiger partial charge in [0.25, 0.3) is 0 Å². The Hall–Kier alpha value is -2.32. The number of aliphatic imine (C=N–C) groups is 1. The summed E-state index contributed by atoms with van der Waals surface area (Å²) in [4.78, 5) is 16.4. The molecule has 1 aliphatic rings. The summed E-state index contributed by atoms with van der Waals surface area (Å²) in [6.07, 6.45) is 0.991. The van der Waals surface area contributed by atoms with Crippen LogP contribution < -0.4 is 20.7 Å². The van der Waals surface area contributed by atoms with E-state index in [0.29, 0.717) is 38.8 Å². The van der Waals surface area contributed by atoms with E-state index < -0.39 is 0 Å². The lowest BCUT2D eigenvalue weighted by Gasteiger charge is -2.16. The molecule has 1 aromatic rings. The van der Waals surface area contributed by atoms with E-state index in [9.17, 15) is 4.79 Å². The molecule has 1 aliphatic heterocycles. The first kappa shape index (κ1) is 22.0. The van der Waals surface area contributed by atoms with Crippen molar-refractivity contribution in [2.75, 3.05) is 46.6 Å². The Morgan fingerprint density at radius 2 is 2.18 bits per heavy atom. The number of rotatable bonds is 10. The fourth-order valence-corrected chi connectivity index (χ4v) is 2.71. The number of benzene rings is 1. The number of nitrogens with one attached hydrogen (secondary N) is 3. The average Bonchev–Trinajstić information content (AvgIpc) is 3.18. The molecule has 0 spiro atoms. The second-order valence-corrected chi connectivity index (χ2v) is 6.61. The fraction of sp³-hybridized carbons (Fsp3) is 0.600. The van der Waals surface area contributed by atoms with Gasteiger partial charge >= 0.3 is 0 Å². The first-order valence-electron chi connectivity index (χ1n) is 9.74. The van der Waals surface area contributed by atoms with Crippen molar-refractivity contribution in [1.82, 2.24) is 16.0 Å². The highest BCUT2D eigenvalue weighted by molar-refractivity contribution is 5.86. The van der Waals surface area contributed by atoms with Crippen LogP contribution in [-0.4, -0.2) is 64.5 Å². The van der Waals surface area contributed by atoms with Crippen molar-refractivity contribution < 1.29 is 19.0 Å². The molecule has 156 valence electrons. The second-order valence-electron chi connectivity index (χ2n) is 6.61. The standard InChI is InChI=1S/C20H32N4O4/c1-4-21-20(24-13-19(25)22-8-10-26-3)23-12-16-6-5-15(2)11-18(16)28-17-7-9-27-14-17/h5-6,11,17H,4,7-10,12-14H2,1-3H3,(H,22,25)(H2,21,23,24). The van der Waals surface area contributed by atoms with Crippen molar-refractivity contribution in [3.63, 3.8) is 0 Å². The number of ether oxygens (including phenoxy) is 3. The van der Waals surface area contributed by atoms with Gasteiger partial charge in [-0.2, -0.15) is 0 Å². The zero-order valence-electron chi connectivity index (χ0n) is 17.0. The third-order valence-electron chi connectivity index (χ3n) is 4.20. The highest BCUT2D eigenvalue weighted by Gasteiger charge is 2.18. The van der Waals surface area contributed by atoms with Gasteiger partial charge < -0.3 is 30.2 Å². The number of amides is 1. The highest BCUT2D eigenvalue weighted by atomic mass is 16.5. The molecule has 0 bridgehead atoms. The smallest absolute Gasteiger partial charge is 0.239 e. The van der Waals surface area contributed by atoms with Crippen molar-refractivity contribution in [3.8, 4) is 5.75 Å². The zero-order valence-corrected chi connectivity index (χ0v) is 17.0. The third-order valence-corrected chi connectivity index (χ3v) is 4.20. The van der Waals surface area contributed by atoms with Crippen LogP contribution in [0.2, 0.25) is 0 Å². The van der Waals surface area contributed by atoms with Crippen molar-refractivity contribution in [2.24, 2.45) is 4.99 Å². The summed E-state index contributed by atoms with van der Waals surface area (Å²) >= 11 is 0. The molecule has 1 amide bonds. The van der Waals surface area contributed by atoms with Crippen LogP contribution in [0.25, 0.3) is 0 Å². The number of nitrogens with zero attached hydrogens (tertiary/aromatic N) is 1. The van der Waals surface area contributed by atoms with Crippen molar-refractivity contribution in [2.45, 2.75) is 32.9 Å². The number of carbonyl (C=O) groups is 1. The number of aryl methyl sites for hydroxylation is 1. The van der Waals surface area contributed by atoms with Crippen LogP contribution in [0.1, 0.15) is 24.5 Å². The van der Waals surface area contributed by atoms with Crippen LogP contribution in [-0.2, 0) is 20.8 Å². The van der Waals surface area contributed by atoms with Gasteiger partial charge in [0.2, 0.25) is 5.91 Å². The Morgan fingerprint density at radius 1 is 1.32 bits per heavy atom. The Balaban J connectivity index is 1.96. The fourth-order valence-electron chi connectivity index (χ4n) is 2.71. The van der Waals surface area contributed by atoms with Gasteiger partial charge in [-0.15, -0.1) is 0 Å². The maximum Gasteiger partial charge on any atom is 0.239 e. The highest BCUT2D eigenvalue weighted by Crippen LogP contribution is 2.24. The van der Waals surface area contributed by atoms with Crippen LogP contribution in [0.3, 0.4) is 0 Å². The summed E-state index contributed by atoms with van der Waals surface area (Å²) < 4.78 is 16.4. The molecule has 8 nitrogen and oxygen atoms in total. The summed E-state index contributed by atoms with van der Waals surface area (Å²) in [6, 6.07) is 6.12. The minimum absolute atomic E-state index is 0.0895. The molecule has 1 saturated heterocycles. The Labute approximate surface area is 167 Å². The quantitative estimate of drug-likeness (QED) is 0.312. The maximum atomic E-state index is 11.8. The van der Waals surface area contributed by atoms with Crippen LogP contribution in [0.5, 0.6) is 5.75 Å². The monoisotopic (exact) mass is 392 g/mol. The normalized spacial score (nSPS) is 16.7. The molecule has 2 rings (SSSR count). The Bertz CT molecular complexity index is 645. The molecule has 0 aliphatic carbocycles. The van der Waals surface area contributed by atoms with Gasteiger partial charge in [-0.25, -0.2) is 4.99 Å². The van der Waals surface area contributed by atoms with Crippen LogP contribution in [0.15, 0.2) is 23.2 Å². The first-order valence-corrected chi connectivity index (χ1v) is 9.74. The van der Waals surface area contributed by atoms with Crippen LogP contribution >= 0.6 is 0 Å². The van der Waals surface area contributed by atoms with E-state index in [-0.39, 0.29) is 18.6 Å². The molecule has 0 aromatic heterocycles. The van der Waals surface area contributed by atoms with Gasteiger partial charge in [0.15, 0.2) is 5.96 Å². The van der Waals surface area contributed by atoms with Crippen molar-refractivity contribution >= 4 is 11.9 Å². The lowest BCUT2D eigenvalue weighted by molar-refractivity contribution is -0.120. The molecular weight excluding hydrogens is 360 g/mol. The molecule has 3 N–H and O–H groups in total. The van der Waals surface area contributed by atoms with Gasteiger partial charge in [0.1, 0.15) is 11.9 Å². The number of carbonyl (C=O) groups excluding carboxylic acids is 1. The minimum Gasteiger partial charge on any atom is -0.488 e. The van der Waals surface area contributed by atoms with E-state index in [1.54, 1.807) is 7.11 Å². The Kier molecular flexibility index (Phi) is 9.57. The van der Waals surface area contributed by atoms with E-state index in [1.807, 2.05) is 32.0 Å². The summed E-state index contributed by atoms with van der Waals surface area (Å²) in [5.41, 5.74) is 2.14. The summed E-state index contributed by atoms with van der Waals surface area (Å²) in [7, 11) is 1.60. The van der Waals surface area contributed by atoms with E-state index in [0.717, 1.165) is 29.9 Å². The number of hydrogen-bond acceptors (Lipinski definition) is 5. The minimum atomic E-state index is -0.108. The molecule has 1 atom stereocenters. The van der Waals surface area contributed by atoms with Crippen LogP contribution in [0.4, 0.5) is 0 Å². The lowest BCUT2D eigenvalue weighted by Crippen LogP contribution is -2.43. The summed E-state index contributed by atoms with van der Waals surface area (Å²) in [5, 5.41) is 8.97. The lowest BCUT2D eigenvalue weighted by atomic mass is 10.1. The Morgan fingerprint density at radius 3 is 2.89 bits per heavy atom. The van der Waals surface area contributed by atoms with Crippen molar-refractivity contribution in [1.29, 1.82) is 0 Å². The summed E-state index contributed by atoms with van der Waals surface area (Å²) in [6.45, 7) is 7.66. The van der Waals surface area contributed by atoms with Gasteiger partial charge in [0, 0.05) is 32.2 Å². The third kappa shape index (κ3) is 7.74. The second kappa shape index (κ2) is 12.2. The van der Waals surface area contributed by atoms with Gasteiger partial charge in [-0.05, 0) is 25.5 Å². The molecule has 1 heterocycles. The first-order chi connectivity index (χ1) is 13.6. The largest absolute Gasteiger partial charge is 0.488 e. The molecule has 1 fully saturated rings. The molecule has 0 saturated carbocycles. The predicted octanol–water partition coefficient (Wildman–Crippen LogP) is 0.980. The van der Waals surface area contributed by atoms with Gasteiger partial charge in [-0.1, -0.05) is 12.1 Å². The average molecular weight is 393 g/mol. The van der Waals surface area contributed by atoms with Crippen LogP contribution in [0, 0.1) is 6.92 Å². The molecule has 8 heteroatoms. The van der Waals surface area contributed by atoms with E-state index >= 15 is 0 Å². The molecule has 1 aromatic carbocycles. The molecule has 0 radical (unpaired) electrons. The molecule has 1 unspecified atom stereocenters. The number of hydrogen-bond donors (Lipinski definition) is 3. The molecule has 28 heavy (non-hydrogen) atoms. The topological polar surface area (TPSA) is 93.2 Å². The van der Waals surface area contributed by atoms with E-state index in [2.05, 4.69) is 20.9 Å². The summed E-state index contributed by atoms with van der Waals surface area (Å²) in [5.74, 6) is 1.32. The SMILES string of the molecule is CCNC(=NCc1ccc(C)cc1OC1CCOC1)NCC(=O)NCCOC. The number of guanidine groups is 1. The van der Waals surface area contributed by atoms with Gasteiger partial charge in [0.05, 0.1) is 32.9 Å². The van der Waals surface area contributed by atoms with Gasteiger partial charge in [-0.3, -0.25) is 4.79 Å². The maximum absolute atomic E-state index is 11.8. The van der Waals surface area contributed by atoms with E-state index in [4.69, 9.17) is 14.2 Å².